The minimum absolute atomic E-state index is 0.0625. The number of hydrogen-bond acceptors (Lipinski definition) is 4. The van der Waals surface area contributed by atoms with Gasteiger partial charge in [0.15, 0.2) is 11.3 Å². The van der Waals surface area contributed by atoms with Crippen molar-refractivity contribution in [1.29, 1.82) is 0 Å². The number of carbonyl (C=O) groups is 2. The van der Waals surface area contributed by atoms with Crippen LogP contribution in [0, 0.1) is 0 Å². The summed E-state index contributed by atoms with van der Waals surface area (Å²) in [5, 5.41) is 9.93. The lowest BCUT2D eigenvalue weighted by atomic mass is 9.94. The van der Waals surface area contributed by atoms with Crippen LogP contribution in [0.1, 0.15) is 74.1 Å². The molecule has 0 bridgehead atoms. The fourth-order valence-electron chi connectivity index (χ4n) is 3.09. The van der Waals surface area contributed by atoms with Crippen molar-refractivity contribution in [2.45, 2.75) is 79.7 Å². The van der Waals surface area contributed by atoms with E-state index in [0.29, 0.717) is 13.1 Å². The highest BCUT2D eigenvalue weighted by Crippen LogP contribution is 2.22. The van der Waals surface area contributed by atoms with E-state index in [1.54, 1.807) is 4.90 Å². The molecule has 0 aliphatic rings. The van der Waals surface area contributed by atoms with Gasteiger partial charge in [-0.25, -0.2) is 4.79 Å². The van der Waals surface area contributed by atoms with Crippen molar-refractivity contribution in [2.75, 3.05) is 18.8 Å². The summed E-state index contributed by atoms with van der Waals surface area (Å²) in [6.45, 7) is 14.5. The molecule has 0 rings (SSSR count). The van der Waals surface area contributed by atoms with Gasteiger partial charge in [0, 0.05) is 18.8 Å². The molecule has 1 N–H and O–H groups in total. The van der Waals surface area contributed by atoms with Crippen molar-refractivity contribution in [3.05, 3.63) is 46.6 Å². The average Bonchev–Trinajstić information content (AvgIpc) is 2.62. The van der Waals surface area contributed by atoms with E-state index < -0.39 is 17.3 Å². The second kappa shape index (κ2) is 14.4. The van der Waals surface area contributed by atoms with Crippen LogP contribution in [-0.4, -0.2) is 46.1 Å². The third-order valence-electron chi connectivity index (χ3n) is 5.21. The highest BCUT2D eigenvalue weighted by atomic mass is 32.1. The topological polar surface area (TPSA) is 57.6 Å². The Kier molecular flexibility index (Phi) is 13.7. The lowest BCUT2D eigenvalue weighted by Gasteiger charge is -2.36. The Balaban J connectivity index is 5.60. The number of carboxylic acid groups (broad SMARTS) is 1. The number of carboxylic acids is 1. The van der Waals surface area contributed by atoms with Gasteiger partial charge >= 0.3 is 5.97 Å². The quantitative estimate of drug-likeness (QED) is 0.199. The van der Waals surface area contributed by atoms with Crippen LogP contribution in [0.25, 0.3) is 0 Å². The molecule has 0 radical (unpaired) electrons. The molecule has 170 valence electrons. The second-order valence-electron chi connectivity index (χ2n) is 8.53. The zero-order valence-corrected chi connectivity index (χ0v) is 20.8. The number of hydrogen-bond donors (Lipinski definition) is 2. The molecule has 4 nitrogen and oxygen atoms in total. The Bertz CT molecular complexity index is 639. The number of nitrogens with zero attached hydrogens (tertiary/aromatic N) is 1. The minimum Gasteiger partial charge on any atom is -0.480 e. The summed E-state index contributed by atoms with van der Waals surface area (Å²) in [7, 11) is 0. The standard InChI is InChI=1S/C25H41NO3S/c1-19(2)10-8-12-21(5)14-16-26(25(18-30,23(7)27)24(28)29)17-15-22(6)13-9-11-20(3)4/h10-11,14-15,30H,8-9,12-13,16-18H2,1-7H3,(H,28,29)/b21-14+,22-15+/t25-/m1/s1. The fraction of sp³-hybridized carbons (Fsp3) is 0.600. The highest BCUT2D eigenvalue weighted by molar-refractivity contribution is 7.80. The van der Waals surface area contributed by atoms with Gasteiger partial charge in [-0.05, 0) is 74.1 Å². The van der Waals surface area contributed by atoms with Crippen molar-refractivity contribution in [1.82, 2.24) is 4.90 Å². The van der Waals surface area contributed by atoms with Gasteiger partial charge in [0.25, 0.3) is 0 Å². The zero-order chi connectivity index (χ0) is 23.3. The molecule has 1 atom stereocenters. The summed E-state index contributed by atoms with van der Waals surface area (Å²) in [6, 6.07) is 0. The molecule has 0 amide bonds. The number of ketones is 1. The molecule has 0 spiro atoms. The first-order valence-electron chi connectivity index (χ1n) is 10.7. The molecule has 5 heteroatoms. The van der Waals surface area contributed by atoms with Crippen molar-refractivity contribution < 1.29 is 14.7 Å². The van der Waals surface area contributed by atoms with E-state index in [9.17, 15) is 14.7 Å². The molecule has 0 unspecified atom stereocenters. The number of thiol groups is 1. The van der Waals surface area contributed by atoms with Gasteiger partial charge < -0.3 is 5.11 Å². The van der Waals surface area contributed by atoms with E-state index >= 15 is 0 Å². The maximum Gasteiger partial charge on any atom is 0.332 e. The largest absolute Gasteiger partial charge is 0.480 e. The van der Waals surface area contributed by atoms with Gasteiger partial charge in [0.1, 0.15) is 0 Å². The van der Waals surface area contributed by atoms with Crippen LogP contribution in [0.3, 0.4) is 0 Å². The maximum absolute atomic E-state index is 12.4. The Morgan fingerprint density at radius 2 is 1.20 bits per heavy atom. The molecule has 0 aromatic rings. The summed E-state index contributed by atoms with van der Waals surface area (Å²) in [5.74, 6) is -1.60. The first kappa shape index (κ1) is 28.4. The van der Waals surface area contributed by atoms with Crippen molar-refractivity contribution in [3.63, 3.8) is 0 Å². The Hall–Kier alpha value is -1.59. The summed E-state index contributed by atoms with van der Waals surface area (Å²) in [6.07, 6.45) is 12.2. The maximum atomic E-state index is 12.4. The molecular weight excluding hydrogens is 394 g/mol. The van der Waals surface area contributed by atoms with Crippen LogP contribution >= 0.6 is 12.6 Å². The first-order chi connectivity index (χ1) is 14.0. The van der Waals surface area contributed by atoms with Crippen LogP contribution in [0.15, 0.2) is 46.6 Å². The highest BCUT2D eigenvalue weighted by Gasteiger charge is 2.47. The number of rotatable bonds is 14. The summed E-state index contributed by atoms with van der Waals surface area (Å²) >= 11 is 4.27. The molecule has 30 heavy (non-hydrogen) atoms. The number of Topliss-reactive ketones (excluding diaryl/α,β-unsaturated/α-hetero) is 1. The van der Waals surface area contributed by atoms with Crippen LogP contribution in [0.5, 0.6) is 0 Å². The van der Waals surface area contributed by atoms with E-state index in [2.05, 4.69) is 66.3 Å². The summed E-state index contributed by atoms with van der Waals surface area (Å²) in [5.41, 5.74) is 3.31. The van der Waals surface area contributed by atoms with Crippen molar-refractivity contribution in [3.8, 4) is 0 Å². The van der Waals surface area contributed by atoms with Gasteiger partial charge in [-0.1, -0.05) is 46.6 Å². The van der Waals surface area contributed by atoms with Gasteiger partial charge in [-0.2, -0.15) is 12.6 Å². The van der Waals surface area contributed by atoms with E-state index in [-0.39, 0.29) is 5.75 Å². The molecule has 0 fully saturated rings. The third-order valence-corrected chi connectivity index (χ3v) is 5.67. The van der Waals surface area contributed by atoms with Gasteiger partial charge in [-0.3, -0.25) is 9.69 Å². The van der Waals surface area contributed by atoms with E-state index in [4.69, 9.17) is 0 Å². The molecule has 0 aliphatic carbocycles. The molecular formula is C25H41NO3S. The number of allylic oxidation sites excluding steroid dienone is 6. The lowest BCUT2D eigenvalue weighted by molar-refractivity contribution is -0.154. The Morgan fingerprint density at radius 1 is 0.800 bits per heavy atom. The SMILES string of the molecule is CC(=O)[C@](CS)(C(=O)O)N(C/C=C(\C)CCC=C(C)C)C/C=C(\C)CCC=C(C)C. The minimum atomic E-state index is -1.63. The van der Waals surface area contributed by atoms with Gasteiger partial charge in [0.05, 0.1) is 0 Å². The first-order valence-corrected chi connectivity index (χ1v) is 11.3. The van der Waals surface area contributed by atoms with Crippen LogP contribution in [-0.2, 0) is 9.59 Å². The Labute approximate surface area is 189 Å². The fourth-order valence-corrected chi connectivity index (χ4v) is 3.64. The van der Waals surface area contributed by atoms with Gasteiger partial charge in [-0.15, -0.1) is 0 Å². The Morgan fingerprint density at radius 3 is 1.47 bits per heavy atom. The predicted molar refractivity (Wildman–Crippen MR) is 131 cm³/mol. The van der Waals surface area contributed by atoms with Crippen LogP contribution in [0.2, 0.25) is 0 Å². The number of aliphatic carboxylic acids is 1. The van der Waals surface area contributed by atoms with E-state index in [1.165, 1.54) is 29.2 Å². The summed E-state index contributed by atoms with van der Waals surface area (Å²) in [4.78, 5) is 26.3. The molecule has 0 aliphatic heterocycles. The predicted octanol–water partition coefficient (Wildman–Crippen LogP) is 6.02. The summed E-state index contributed by atoms with van der Waals surface area (Å²) < 4.78 is 0. The van der Waals surface area contributed by atoms with E-state index in [1.807, 2.05) is 12.2 Å². The van der Waals surface area contributed by atoms with E-state index in [0.717, 1.165) is 25.7 Å². The number of carbonyl (C=O) groups excluding carboxylic acids is 1. The monoisotopic (exact) mass is 435 g/mol. The molecule has 0 saturated carbocycles. The average molecular weight is 436 g/mol. The lowest BCUT2D eigenvalue weighted by Crippen LogP contribution is -2.61. The van der Waals surface area contributed by atoms with Crippen molar-refractivity contribution in [2.24, 2.45) is 0 Å². The third kappa shape index (κ3) is 9.94. The van der Waals surface area contributed by atoms with Crippen LogP contribution < -0.4 is 0 Å². The smallest absolute Gasteiger partial charge is 0.332 e. The molecule has 0 aromatic heterocycles. The second-order valence-corrected chi connectivity index (χ2v) is 8.84. The normalized spacial score (nSPS) is 14.3. The zero-order valence-electron chi connectivity index (χ0n) is 19.9. The van der Waals surface area contributed by atoms with Crippen LogP contribution in [0.4, 0.5) is 0 Å². The van der Waals surface area contributed by atoms with Gasteiger partial charge in [0.2, 0.25) is 0 Å². The molecule has 0 heterocycles. The molecule has 0 saturated heterocycles. The van der Waals surface area contributed by atoms with Crippen molar-refractivity contribution >= 4 is 24.4 Å². The molecule has 0 aromatic carbocycles.